The average Bonchev–Trinajstić information content (AvgIpc) is 3.31. The molecule has 0 N–H and O–H groups in total. The summed E-state index contributed by atoms with van der Waals surface area (Å²) < 4.78 is 29.8. The van der Waals surface area contributed by atoms with Gasteiger partial charge in [-0.15, -0.1) is 0 Å². The Bertz CT molecular complexity index is 1350. The van der Waals surface area contributed by atoms with E-state index in [1.807, 2.05) is 66.2 Å². The van der Waals surface area contributed by atoms with Gasteiger partial charge in [-0.3, -0.25) is 4.57 Å². The summed E-state index contributed by atoms with van der Waals surface area (Å²) in [4.78, 5) is 15.4. The first-order valence-corrected chi connectivity index (χ1v) is 12.2. The number of imidazole rings is 1. The van der Waals surface area contributed by atoms with Gasteiger partial charge in [-0.05, 0) is 30.2 Å². The van der Waals surface area contributed by atoms with Gasteiger partial charge in [0.2, 0.25) is 10.0 Å². The molecule has 0 unspecified atom stereocenters. The normalized spacial score (nSPS) is 15.0. The van der Waals surface area contributed by atoms with Gasteiger partial charge in [-0.2, -0.15) is 4.31 Å². The molecule has 9 heteroatoms. The molecule has 1 fully saturated rings. The third-order valence-electron chi connectivity index (χ3n) is 5.87. The summed E-state index contributed by atoms with van der Waals surface area (Å²) in [6, 6.07) is 18.9. The third-order valence-corrected chi connectivity index (χ3v) is 7.79. The van der Waals surface area contributed by atoms with Gasteiger partial charge < -0.3 is 4.90 Å². The molecule has 0 saturated carbocycles. The molecule has 0 spiro atoms. The fraction of sp³-hybridized carbons (Fsp3) is 0.208. The second kappa shape index (κ2) is 8.76. The Labute approximate surface area is 193 Å². The summed E-state index contributed by atoms with van der Waals surface area (Å²) in [5, 5.41) is 0. The highest BCUT2D eigenvalue weighted by Gasteiger charge is 2.29. The Morgan fingerprint density at radius 1 is 0.788 bits per heavy atom. The minimum absolute atomic E-state index is 0.315. The van der Waals surface area contributed by atoms with Crippen molar-refractivity contribution in [3.05, 3.63) is 85.2 Å². The number of piperazine rings is 1. The smallest absolute Gasteiger partial charge is 0.243 e. The zero-order valence-electron chi connectivity index (χ0n) is 18.2. The standard InChI is InChI=1S/C24H24N6O2S/c1-19-25-11-12-30(19)24-17-23(26-18-27-24)28-13-15-29(16-14-28)33(31,32)22-9-7-21(8-10-22)20-5-3-2-4-6-20/h2-12,17-18H,13-16H2,1H3. The highest BCUT2D eigenvalue weighted by atomic mass is 32.2. The van der Waals surface area contributed by atoms with Gasteiger partial charge in [0.25, 0.3) is 0 Å². The lowest BCUT2D eigenvalue weighted by Gasteiger charge is -2.34. The summed E-state index contributed by atoms with van der Waals surface area (Å²) in [5.41, 5.74) is 2.05. The van der Waals surface area contributed by atoms with Crippen LogP contribution in [-0.4, -0.2) is 58.4 Å². The molecule has 1 aliphatic rings. The van der Waals surface area contributed by atoms with Crippen LogP contribution in [0.2, 0.25) is 0 Å². The second-order valence-electron chi connectivity index (χ2n) is 7.86. The molecule has 0 atom stereocenters. The fourth-order valence-electron chi connectivity index (χ4n) is 4.02. The summed E-state index contributed by atoms with van der Waals surface area (Å²) in [6.07, 6.45) is 5.11. The molecule has 2 aromatic heterocycles. The van der Waals surface area contributed by atoms with E-state index in [1.165, 1.54) is 6.33 Å². The number of hydrogen-bond acceptors (Lipinski definition) is 6. The van der Waals surface area contributed by atoms with Gasteiger partial charge in [-0.1, -0.05) is 42.5 Å². The topological polar surface area (TPSA) is 84.2 Å². The summed E-state index contributed by atoms with van der Waals surface area (Å²) in [5.74, 6) is 2.36. The molecular weight excluding hydrogens is 436 g/mol. The number of rotatable bonds is 5. The fourth-order valence-corrected chi connectivity index (χ4v) is 5.44. The van der Waals surface area contributed by atoms with Crippen molar-refractivity contribution in [1.29, 1.82) is 0 Å². The van der Waals surface area contributed by atoms with Crippen molar-refractivity contribution in [1.82, 2.24) is 23.8 Å². The number of anilines is 1. The SMILES string of the molecule is Cc1nccn1-c1cc(N2CCN(S(=O)(=O)c3ccc(-c4ccccc4)cc3)CC2)ncn1. The lowest BCUT2D eigenvalue weighted by Crippen LogP contribution is -2.48. The van der Waals surface area contributed by atoms with Crippen LogP contribution in [0.4, 0.5) is 5.82 Å². The number of hydrogen-bond donors (Lipinski definition) is 0. The largest absolute Gasteiger partial charge is 0.354 e. The van der Waals surface area contributed by atoms with Gasteiger partial charge in [0, 0.05) is 44.6 Å². The van der Waals surface area contributed by atoms with E-state index in [2.05, 4.69) is 19.9 Å². The van der Waals surface area contributed by atoms with Gasteiger partial charge in [0.15, 0.2) is 0 Å². The van der Waals surface area contributed by atoms with Crippen molar-refractivity contribution in [2.75, 3.05) is 31.1 Å². The molecule has 3 heterocycles. The van der Waals surface area contributed by atoms with Crippen LogP contribution in [0, 0.1) is 6.92 Å². The number of benzene rings is 2. The van der Waals surface area contributed by atoms with Crippen molar-refractivity contribution in [2.45, 2.75) is 11.8 Å². The predicted octanol–water partition coefficient (Wildman–Crippen LogP) is 3.15. The van der Waals surface area contributed by atoms with Crippen molar-refractivity contribution in [3.63, 3.8) is 0 Å². The van der Waals surface area contributed by atoms with Crippen molar-refractivity contribution in [2.24, 2.45) is 0 Å². The van der Waals surface area contributed by atoms with Crippen molar-refractivity contribution in [3.8, 4) is 16.9 Å². The van der Waals surface area contributed by atoms with Gasteiger partial charge in [0.1, 0.15) is 23.8 Å². The Morgan fingerprint density at radius 2 is 1.45 bits per heavy atom. The first kappa shape index (κ1) is 21.3. The van der Waals surface area contributed by atoms with E-state index in [0.29, 0.717) is 31.1 Å². The van der Waals surface area contributed by atoms with Gasteiger partial charge in [-0.25, -0.2) is 23.4 Å². The van der Waals surface area contributed by atoms with E-state index in [-0.39, 0.29) is 0 Å². The number of aromatic nitrogens is 4. The molecule has 33 heavy (non-hydrogen) atoms. The van der Waals surface area contributed by atoms with Crippen LogP contribution >= 0.6 is 0 Å². The maximum atomic E-state index is 13.2. The summed E-state index contributed by atoms with van der Waals surface area (Å²) in [6.45, 7) is 3.82. The average molecular weight is 461 g/mol. The molecule has 0 aliphatic carbocycles. The van der Waals surface area contributed by atoms with Gasteiger partial charge >= 0.3 is 0 Å². The van der Waals surface area contributed by atoms with E-state index < -0.39 is 10.0 Å². The molecule has 0 amide bonds. The predicted molar refractivity (Wildman–Crippen MR) is 127 cm³/mol. The van der Waals surface area contributed by atoms with Crippen LogP contribution in [0.15, 0.2) is 84.3 Å². The Morgan fingerprint density at radius 3 is 2.12 bits per heavy atom. The first-order chi connectivity index (χ1) is 16.0. The number of nitrogens with zero attached hydrogens (tertiary/aromatic N) is 6. The molecule has 2 aromatic carbocycles. The molecule has 0 radical (unpaired) electrons. The molecule has 5 rings (SSSR count). The monoisotopic (exact) mass is 460 g/mol. The van der Waals surface area contributed by atoms with E-state index in [1.54, 1.807) is 22.6 Å². The maximum Gasteiger partial charge on any atom is 0.243 e. The third kappa shape index (κ3) is 4.24. The highest BCUT2D eigenvalue weighted by Crippen LogP contribution is 2.24. The zero-order valence-corrected chi connectivity index (χ0v) is 19.1. The molecular formula is C24H24N6O2S. The van der Waals surface area contributed by atoms with Crippen LogP contribution in [-0.2, 0) is 10.0 Å². The quantitative estimate of drug-likeness (QED) is 0.455. The van der Waals surface area contributed by atoms with E-state index in [4.69, 9.17) is 0 Å². The van der Waals surface area contributed by atoms with Crippen LogP contribution in [0.1, 0.15) is 5.82 Å². The number of sulfonamides is 1. The Kier molecular flexibility index (Phi) is 5.65. The molecule has 8 nitrogen and oxygen atoms in total. The first-order valence-electron chi connectivity index (χ1n) is 10.8. The lowest BCUT2D eigenvalue weighted by molar-refractivity contribution is 0.383. The Hall–Kier alpha value is -3.56. The van der Waals surface area contributed by atoms with E-state index >= 15 is 0 Å². The molecule has 1 saturated heterocycles. The van der Waals surface area contributed by atoms with Gasteiger partial charge in [0.05, 0.1) is 4.90 Å². The zero-order chi connectivity index (χ0) is 22.8. The minimum Gasteiger partial charge on any atom is -0.354 e. The molecule has 0 bridgehead atoms. The van der Waals surface area contributed by atoms with E-state index in [9.17, 15) is 8.42 Å². The number of aryl methyl sites for hydroxylation is 1. The maximum absolute atomic E-state index is 13.2. The molecule has 168 valence electrons. The molecule has 4 aromatic rings. The van der Waals surface area contributed by atoms with Crippen molar-refractivity contribution < 1.29 is 8.42 Å². The van der Waals surface area contributed by atoms with Crippen molar-refractivity contribution >= 4 is 15.8 Å². The summed E-state index contributed by atoms with van der Waals surface area (Å²) in [7, 11) is -3.55. The lowest BCUT2D eigenvalue weighted by atomic mass is 10.1. The Balaban J connectivity index is 1.28. The summed E-state index contributed by atoms with van der Waals surface area (Å²) >= 11 is 0. The molecule has 1 aliphatic heterocycles. The van der Waals surface area contributed by atoms with E-state index in [0.717, 1.165) is 28.6 Å². The highest BCUT2D eigenvalue weighted by molar-refractivity contribution is 7.89. The van der Waals surface area contributed by atoms with Crippen LogP contribution in [0.3, 0.4) is 0 Å². The minimum atomic E-state index is -3.55. The van der Waals surface area contributed by atoms with Crippen LogP contribution in [0.25, 0.3) is 16.9 Å². The van der Waals surface area contributed by atoms with Crippen LogP contribution in [0.5, 0.6) is 0 Å². The second-order valence-corrected chi connectivity index (χ2v) is 9.80. The van der Waals surface area contributed by atoms with Crippen LogP contribution < -0.4 is 4.90 Å².